The first kappa shape index (κ1) is 30.8. The molecular formula is C32H28F5N5O5. The van der Waals surface area contributed by atoms with E-state index in [4.69, 9.17) is 15.2 Å². The number of fused-ring (bicyclic) bond motifs is 2. The zero-order chi connectivity index (χ0) is 33.3. The predicted molar refractivity (Wildman–Crippen MR) is 156 cm³/mol. The normalized spacial score (nSPS) is 20.4. The number of nitrogens with two attached hydrogens (primary N) is 1. The summed E-state index contributed by atoms with van der Waals surface area (Å²) in [6.07, 6.45) is -0.210. The molecule has 2 fully saturated rings. The van der Waals surface area contributed by atoms with E-state index >= 15 is 0 Å². The standard InChI is InChI=1S/C32H28F5N5O5/c33-13-30(29(38)44)15-46-27-22(30)11-24(40-26(27)16-1-3-19(34)4-2-16)31(45,32(35,36)37)14-39-28(43)17-9-18-12-42(20-5-6-20)41-25(18)23(10-17)47-21-7-8-21/h1-4,9-12,20-21,45H,5-8,13-15H2,(H2,38,44)(H,39,43)/t30-,31?/m0/s1. The number of aromatic nitrogens is 3. The highest BCUT2D eigenvalue weighted by molar-refractivity contribution is 6.00. The maximum absolute atomic E-state index is 14.8. The van der Waals surface area contributed by atoms with Crippen molar-refractivity contribution >= 4 is 22.7 Å². The number of ether oxygens (including phenoxy) is 2. The van der Waals surface area contributed by atoms with Crippen molar-refractivity contribution in [2.24, 2.45) is 5.73 Å². The van der Waals surface area contributed by atoms with Gasteiger partial charge in [-0.05, 0) is 68.1 Å². The van der Waals surface area contributed by atoms with Crippen LogP contribution in [-0.4, -0.2) is 63.8 Å². The van der Waals surface area contributed by atoms with Gasteiger partial charge in [0.15, 0.2) is 0 Å². The number of nitrogens with one attached hydrogen (secondary N) is 1. The molecule has 0 saturated heterocycles. The number of carbonyl (C=O) groups excluding carboxylic acids is 2. The van der Waals surface area contributed by atoms with E-state index in [0.717, 1.165) is 37.8 Å². The number of halogens is 5. The Hall–Kier alpha value is -4.79. The predicted octanol–water partition coefficient (Wildman–Crippen LogP) is 4.38. The van der Waals surface area contributed by atoms with Crippen molar-refractivity contribution in [2.75, 3.05) is 19.8 Å². The van der Waals surface area contributed by atoms with Crippen molar-refractivity contribution in [1.29, 1.82) is 0 Å². The van der Waals surface area contributed by atoms with Gasteiger partial charge in [-0.15, -0.1) is 0 Å². The molecule has 10 nitrogen and oxygen atoms in total. The summed E-state index contributed by atoms with van der Waals surface area (Å²) in [4.78, 5) is 29.9. The van der Waals surface area contributed by atoms with Gasteiger partial charge in [0.2, 0.25) is 11.5 Å². The lowest BCUT2D eigenvalue weighted by atomic mass is 9.81. The Morgan fingerprint density at radius 2 is 1.85 bits per heavy atom. The average Bonchev–Trinajstić information content (AvgIpc) is 3.97. The number of pyridine rings is 1. The van der Waals surface area contributed by atoms with Gasteiger partial charge in [0, 0.05) is 28.3 Å². The third-order valence-corrected chi connectivity index (χ3v) is 8.76. The maximum atomic E-state index is 14.8. The van der Waals surface area contributed by atoms with E-state index in [2.05, 4.69) is 15.4 Å². The van der Waals surface area contributed by atoms with Crippen molar-refractivity contribution in [1.82, 2.24) is 20.1 Å². The lowest BCUT2D eigenvalue weighted by Crippen LogP contribution is -2.52. The lowest BCUT2D eigenvalue weighted by Gasteiger charge is -2.31. The molecule has 0 radical (unpaired) electrons. The molecule has 4 aromatic rings. The fraction of sp³-hybridized carbons (Fsp3) is 0.375. The summed E-state index contributed by atoms with van der Waals surface area (Å²) >= 11 is 0. The molecule has 47 heavy (non-hydrogen) atoms. The SMILES string of the molecule is NC(=O)[C@@]1(CF)COc2c1cc(C(O)(CNC(=O)c1cc(OC3CC3)c3nn(C4CC4)cc3c1)C(F)(F)F)nc2-c1ccc(F)cc1. The van der Waals surface area contributed by atoms with Gasteiger partial charge in [0.1, 0.15) is 47.2 Å². The third kappa shape index (κ3) is 5.31. The van der Waals surface area contributed by atoms with Crippen LogP contribution in [0.3, 0.4) is 0 Å². The second-order valence-electron chi connectivity index (χ2n) is 12.2. The number of carbonyl (C=O) groups is 2. The van der Waals surface area contributed by atoms with Gasteiger partial charge in [-0.25, -0.2) is 13.8 Å². The van der Waals surface area contributed by atoms with Crippen LogP contribution in [0, 0.1) is 5.82 Å². The average molecular weight is 658 g/mol. The first-order valence-corrected chi connectivity index (χ1v) is 14.9. The summed E-state index contributed by atoms with van der Waals surface area (Å²) in [6, 6.07) is 8.24. The summed E-state index contributed by atoms with van der Waals surface area (Å²) in [6.45, 7) is -3.48. The van der Waals surface area contributed by atoms with E-state index in [-0.39, 0.29) is 40.3 Å². The highest BCUT2D eigenvalue weighted by Crippen LogP contribution is 2.48. The summed E-state index contributed by atoms with van der Waals surface area (Å²) < 4.78 is 85.8. The molecule has 2 amide bonds. The number of primary amides is 1. The van der Waals surface area contributed by atoms with Crippen LogP contribution in [0.5, 0.6) is 11.5 Å². The Morgan fingerprint density at radius 3 is 2.47 bits per heavy atom. The number of hydrogen-bond donors (Lipinski definition) is 3. The molecular weight excluding hydrogens is 629 g/mol. The van der Waals surface area contributed by atoms with Gasteiger partial charge < -0.3 is 25.6 Å². The number of hydrogen-bond acceptors (Lipinski definition) is 7. The van der Waals surface area contributed by atoms with Gasteiger partial charge >= 0.3 is 6.18 Å². The van der Waals surface area contributed by atoms with Crippen LogP contribution < -0.4 is 20.5 Å². The molecule has 246 valence electrons. The summed E-state index contributed by atoms with van der Waals surface area (Å²) in [5.74, 6) is -2.74. The lowest BCUT2D eigenvalue weighted by molar-refractivity contribution is -0.265. The molecule has 3 aliphatic rings. The van der Waals surface area contributed by atoms with Crippen LogP contribution in [0.2, 0.25) is 0 Å². The molecule has 0 bridgehead atoms. The van der Waals surface area contributed by atoms with E-state index in [1.54, 1.807) is 10.9 Å². The second kappa shape index (κ2) is 10.9. The summed E-state index contributed by atoms with van der Waals surface area (Å²) in [5, 5.41) is 18.6. The van der Waals surface area contributed by atoms with E-state index < -0.39 is 60.3 Å². The molecule has 7 rings (SSSR count). The number of benzene rings is 2. The fourth-order valence-electron chi connectivity index (χ4n) is 5.58. The largest absolute Gasteiger partial charge is 0.489 e. The number of amides is 2. The number of alkyl halides is 4. The first-order valence-electron chi connectivity index (χ1n) is 14.9. The van der Waals surface area contributed by atoms with Crippen molar-refractivity contribution in [2.45, 2.75) is 55.0 Å². The van der Waals surface area contributed by atoms with Gasteiger partial charge in [-0.2, -0.15) is 18.3 Å². The molecule has 15 heteroatoms. The van der Waals surface area contributed by atoms with Crippen LogP contribution in [-0.2, 0) is 15.8 Å². The van der Waals surface area contributed by atoms with E-state index in [0.29, 0.717) is 22.7 Å². The Balaban J connectivity index is 1.27. The number of aliphatic hydroxyl groups is 1. The summed E-state index contributed by atoms with van der Waals surface area (Å²) in [7, 11) is 0. The minimum atomic E-state index is -5.44. The first-order chi connectivity index (χ1) is 22.3. The van der Waals surface area contributed by atoms with Crippen molar-refractivity contribution in [3.05, 3.63) is 71.3 Å². The van der Waals surface area contributed by atoms with Gasteiger partial charge in [-0.3, -0.25) is 14.3 Å². The molecule has 2 aromatic heterocycles. The molecule has 1 unspecified atom stereocenters. The molecule has 3 heterocycles. The Kier molecular flexibility index (Phi) is 7.15. The van der Waals surface area contributed by atoms with Gasteiger partial charge in [-0.1, -0.05) is 0 Å². The monoisotopic (exact) mass is 657 g/mol. The van der Waals surface area contributed by atoms with Gasteiger partial charge in [0.05, 0.1) is 24.4 Å². The smallest absolute Gasteiger partial charge is 0.424 e. The van der Waals surface area contributed by atoms with E-state index in [1.165, 1.54) is 24.3 Å². The zero-order valence-corrected chi connectivity index (χ0v) is 24.6. The molecule has 1 aliphatic heterocycles. The minimum Gasteiger partial charge on any atom is -0.489 e. The van der Waals surface area contributed by atoms with Crippen molar-refractivity contribution in [3.8, 4) is 22.8 Å². The second-order valence-corrected chi connectivity index (χ2v) is 12.2. The summed E-state index contributed by atoms with van der Waals surface area (Å²) in [5.41, 5.74) is -1.73. The van der Waals surface area contributed by atoms with Crippen LogP contribution in [0.1, 0.15) is 53.3 Å². The van der Waals surface area contributed by atoms with Crippen molar-refractivity contribution < 1.29 is 46.1 Å². The van der Waals surface area contributed by atoms with Gasteiger partial charge in [0.25, 0.3) is 5.91 Å². The van der Waals surface area contributed by atoms with Crippen LogP contribution in [0.4, 0.5) is 22.0 Å². The van der Waals surface area contributed by atoms with E-state index in [9.17, 15) is 36.6 Å². The van der Waals surface area contributed by atoms with Crippen LogP contribution in [0.15, 0.2) is 48.7 Å². The molecule has 2 atom stereocenters. The van der Waals surface area contributed by atoms with Crippen LogP contribution >= 0.6 is 0 Å². The van der Waals surface area contributed by atoms with Crippen molar-refractivity contribution in [3.63, 3.8) is 0 Å². The molecule has 2 saturated carbocycles. The zero-order valence-electron chi connectivity index (χ0n) is 24.6. The Labute approximate surface area is 263 Å². The minimum absolute atomic E-state index is 0.0273. The maximum Gasteiger partial charge on any atom is 0.424 e. The van der Waals surface area contributed by atoms with Crippen LogP contribution in [0.25, 0.3) is 22.2 Å². The molecule has 2 aromatic carbocycles. The highest BCUT2D eigenvalue weighted by atomic mass is 19.4. The Morgan fingerprint density at radius 1 is 1.13 bits per heavy atom. The molecule has 0 spiro atoms. The topological polar surface area (TPSA) is 142 Å². The highest BCUT2D eigenvalue weighted by Gasteiger charge is 2.58. The fourth-order valence-corrected chi connectivity index (χ4v) is 5.58. The molecule has 4 N–H and O–H groups in total. The van der Waals surface area contributed by atoms with E-state index in [1.807, 2.05) is 0 Å². The Bertz CT molecular complexity index is 1910. The molecule has 2 aliphatic carbocycles. The number of nitrogens with zero attached hydrogens (tertiary/aromatic N) is 3. The third-order valence-electron chi connectivity index (χ3n) is 8.76. The number of rotatable bonds is 10. The quantitative estimate of drug-likeness (QED) is 0.215.